The number of aromatic nitrogens is 1. The fourth-order valence-electron chi connectivity index (χ4n) is 1.15. The standard InChI is InChI=1S/C10H14Cl2N2O3S/c1-3-10(2,6-15)14-18(16,17)7-4-8(11)9(12)13-5-7/h4-5,14-15H,3,6H2,1-2H3. The average molecular weight is 313 g/mol. The topological polar surface area (TPSA) is 79.3 Å². The van der Waals surface area contributed by atoms with Gasteiger partial charge in [-0.05, 0) is 19.4 Å². The highest BCUT2D eigenvalue weighted by Gasteiger charge is 2.28. The van der Waals surface area contributed by atoms with Gasteiger partial charge in [-0.3, -0.25) is 0 Å². The molecule has 1 aromatic rings. The van der Waals surface area contributed by atoms with Crippen molar-refractivity contribution in [2.24, 2.45) is 0 Å². The van der Waals surface area contributed by atoms with E-state index < -0.39 is 15.6 Å². The minimum absolute atomic E-state index is 0.0380. The molecule has 18 heavy (non-hydrogen) atoms. The summed E-state index contributed by atoms with van der Waals surface area (Å²) in [6.45, 7) is 3.07. The molecular weight excluding hydrogens is 299 g/mol. The van der Waals surface area contributed by atoms with E-state index in [2.05, 4.69) is 9.71 Å². The zero-order chi connectivity index (χ0) is 14.0. The number of hydrogen-bond acceptors (Lipinski definition) is 4. The third kappa shape index (κ3) is 3.55. The Morgan fingerprint density at radius 3 is 2.56 bits per heavy atom. The lowest BCUT2D eigenvalue weighted by Gasteiger charge is -2.26. The van der Waals surface area contributed by atoms with Crippen LogP contribution in [-0.4, -0.2) is 30.7 Å². The van der Waals surface area contributed by atoms with Gasteiger partial charge in [0.1, 0.15) is 10.0 Å². The summed E-state index contributed by atoms with van der Waals surface area (Å²) in [5.74, 6) is 0. The number of rotatable bonds is 5. The largest absolute Gasteiger partial charge is 0.394 e. The van der Waals surface area contributed by atoms with Gasteiger partial charge in [0, 0.05) is 6.20 Å². The Bertz CT molecular complexity index is 530. The van der Waals surface area contributed by atoms with Crippen LogP contribution < -0.4 is 4.72 Å². The van der Waals surface area contributed by atoms with Crippen molar-refractivity contribution in [2.45, 2.75) is 30.7 Å². The molecule has 102 valence electrons. The Morgan fingerprint density at radius 2 is 2.11 bits per heavy atom. The molecule has 0 aliphatic carbocycles. The van der Waals surface area contributed by atoms with Crippen LogP contribution in [0.3, 0.4) is 0 Å². The summed E-state index contributed by atoms with van der Waals surface area (Å²) in [7, 11) is -3.80. The Morgan fingerprint density at radius 1 is 1.50 bits per heavy atom. The third-order valence-electron chi connectivity index (χ3n) is 2.59. The van der Waals surface area contributed by atoms with Crippen molar-refractivity contribution in [3.05, 3.63) is 22.4 Å². The Labute approximate surface area is 116 Å². The van der Waals surface area contributed by atoms with Crippen LogP contribution in [0.15, 0.2) is 17.2 Å². The van der Waals surface area contributed by atoms with Gasteiger partial charge in [0.2, 0.25) is 10.0 Å². The molecule has 1 heterocycles. The van der Waals surface area contributed by atoms with Gasteiger partial charge >= 0.3 is 0 Å². The lowest BCUT2D eigenvalue weighted by atomic mass is 10.0. The van der Waals surface area contributed by atoms with Crippen LogP contribution in [0.25, 0.3) is 0 Å². The molecule has 0 aromatic carbocycles. The zero-order valence-corrected chi connectivity index (χ0v) is 12.3. The molecule has 1 unspecified atom stereocenters. The summed E-state index contributed by atoms with van der Waals surface area (Å²) >= 11 is 11.3. The number of hydrogen-bond donors (Lipinski definition) is 2. The van der Waals surface area contributed by atoms with Crippen LogP contribution in [0, 0.1) is 0 Å². The van der Waals surface area contributed by atoms with E-state index >= 15 is 0 Å². The quantitative estimate of drug-likeness (QED) is 0.813. The van der Waals surface area contributed by atoms with E-state index in [1.165, 1.54) is 6.07 Å². The van der Waals surface area contributed by atoms with Crippen LogP contribution in [0.1, 0.15) is 20.3 Å². The fourth-order valence-corrected chi connectivity index (χ4v) is 2.92. The van der Waals surface area contributed by atoms with Crippen molar-refractivity contribution in [1.82, 2.24) is 9.71 Å². The number of aliphatic hydroxyl groups is 1. The van der Waals surface area contributed by atoms with E-state index in [1.54, 1.807) is 13.8 Å². The maximum absolute atomic E-state index is 12.1. The van der Waals surface area contributed by atoms with Crippen molar-refractivity contribution in [2.75, 3.05) is 6.61 Å². The predicted octanol–water partition coefficient (Wildman–Crippen LogP) is 1.83. The summed E-state index contributed by atoms with van der Waals surface area (Å²) < 4.78 is 26.5. The molecule has 2 N–H and O–H groups in total. The summed E-state index contributed by atoms with van der Waals surface area (Å²) in [6, 6.07) is 1.21. The maximum atomic E-state index is 12.1. The predicted molar refractivity (Wildman–Crippen MR) is 70.4 cm³/mol. The van der Waals surface area contributed by atoms with Crippen LogP contribution in [0.5, 0.6) is 0 Å². The van der Waals surface area contributed by atoms with Gasteiger partial charge < -0.3 is 5.11 Å². The second-order valence-corrected chi connectivity index (χ2v) is 6.57. The summed E-state index contributed by atoms with van der Waals surface area (Å²) in [5.41, 5.74) is -0.926. The van der Waals surface area contributed by atoms with Crippen LogP contribution in [-0.2, 0) is 10.0 Å². The second kappa shape index (κ2) is 5.71. The van der Waals surface area contributed by atoms with Gasteiger partial charge in [-0.1, -0.05) is 30.1 Å². The van der Waals surface area contributed by atoms with Gasteiger partial charge in [-0.2, -0.15) is 0 Å². The highest BCUT2D eigenvalue weighted by Crippen LogP contribution is 2.23. The van der Waals surface area contributed by atoms with E-state index in [0.29, 0.717) is 6.42 Å². The smallest absolute Gasteiger partial charge is 0.242 e. The maximum Gasteiger partial charge on any atom is 0.242 e. The Kier molecular flexibility index (Phi) is 4.97. The molecule has 1 aromatic heterocycles. The van der Waals surface area contributed by atoms with E-state index in [9.17, 15) is 13.5 Å². The number of nitrogens with zero attached hydrogens (tertiary/aromatic N) is 1. The second-order valence-electron chi connectivity index (χ2n) is 4.12. The number of pyridine rings is 1. The molecule has 0 amide bonds. The number of halogens is 2. The monoisotopic (exact) mass is 312 g/mol. The minimum Gasteiger partial charge on any atom is -0.394 e. The third-order valence-corrected chi connectivity index (χ3v) is 4.88. The first-order valence-corrected chi connectivity index (χ1v) is 7.44. The fraction of sp³-hybridized carbons (Fsp3) is 0.500. The zero-order valence-electron chi connectivity index (χ0n) is 9.94. The van der Waals surface area contributed by atoms with Gasteiger partial charge in [-0.15, -0.1) is 0 Å². The van der Waals surface area contributed by atoms with Crippen LogP contribution in [0.4, 0.5) is 0 Å². The molecular formula is C10H14Cl2N2O3S. The summed E-state index contributed by atoms with van der Waals surface area (Å²) in [5, 5.41) is 9.30. The molecule has 0 saturated heterocycles. The molecule has 0 radical (unpaired) electrons. The van der Waals surface area contributed by atoms with Crippen molar-refractivity contribution >= 4 is 33.2 Å². The van der Waals surface area contributed by atoms with Crippen molar-refractivity contribution in [3.8, 4) is 0 Å². The number of sulfonamides is 1. The first-order valence-electron chi connectivity index (χ1n) is 5.20. The summed E-state index contributed by atoms with van der Waals surface area (Å²) in [6.07, 6.45) is 1.56. The number of aliphatic hydroxyl groups excluding tert-OH is 1. The van der Waals surface area contributed by atoms with E-state index in [-0.39, 0.29) is 21.7 Å². The van der Waals surface area contributed by atoms with Crippen molar-refractivity contribution in [3.63, 3.8) is 0 Å². The van der Waals surface area contributed by atoms with Crippen LogP contribution in [0.2, 0.25) is 10.2 Å². The van der Waals surface area contributed by atoms with Gasteiger partial charge in [0.05, 0.1) is 17.2 Å². The normalized spacial score (nSPS) is 15.4. The van der Waals surface area contributed by atoms with Gasteiger partial charge in [-0.25, -0.2) is 18.1 Å². The van der Waals surface area contributed by atoms with Crippen LogP contribution >= 0.6 is 23.2 Å². The molecule has 1 rings (SSSR count). The van der Waals surface area contributed by atoms with Gasteiger partial charge in [0.25, 0.3) is 0 Å². The lowest BCUT2D eigenvalue weighted by Crippen LogP contribution is -2.48. The Hall–Kier alpha value is -0.400. The molecule has 0 aliphatic heterocycles. The highest BCUT2D eigenvalue weighted by atomic mass is 35.5. The SMILES string of the molecule is CCC(C)(CO)NS(=O)(=O)c1cnc(Cl)c(Cl)c1. The minimum atomic E-state index is -3.80. The molecule has 1 atom stereocenters. The molecule has 0 aliphatic rings. The number of nitrogens with one attached hydrogen (secondary N) is 1. The highest BCUT2D eigenvalue weighted by molar-refractivity contribution is 7.89. The van der Waals surface area contributed by atoms with E-state index in [1.807, 2.05) is 0 Å². The summed E-state index contributed by atoms with van der Waals surface area (Å²) in [4.78, 5) is 3.59. The Balaban J connectivity index is 3.10. The average Bonchev–Trinajstić information content (AvgIpc) is 2.32. The molecule has 0 saturated carbocycles. The molecule has 8 heteroatoms. The first-order chi connectivity index (χ1) is 8.24. The van der Waals surface area contributed by atoms with Crippen molar-refractivity contribution < 1.29 is 13.5 Å². The van der Waals surface area contributed by atoms with Crippen molar-refractivity contribution in [1.29, 1.82) is 0 Å². The molecule has 0 fully saturated rings. The van der Waals surface area contributed by atoms with Gasteiger partial charge in [0.15, 0.2) is 0 Å². The molecule has 5 nitrogen and oxygen atoms in total. The lowest BCUT2D eigenvalue weighted by molar-refractivity contribution is 0.191. The van der Waals surface area contributed by atoms with E-state index in [0.717, 1.165) is 6.20 Å². The molecule has 0 bridgehead atoms. The molecule has 0 spiro atoms. The first kappa shape index (κ1) is 15.7. The van der Waals surface area contributed by atoms with E-state index in [4.69, 9.17) is 23.2 Å².